The molecule has 7 heteroatoms. The van der Waals surface area contributed by atoms with E-state index in [1.54, 1.807) is 0 Å². The number of rotatable bonds is 2. The number of aromatic nitrogens is 2. The van der Waals surface area contributed by atoms with E-state index in [1.165, 1.54) is 6.20 Å². The Kier molecular flexibility index (Phi) is 3.54. The van der Waals surface area contributed by atoms with Gasteiger partial charge in [-0.1, -0.05) is 0 Å². The van der Waals surface area contributed by atoms with Crippen LogP contribution in [0.1, 0.15) is 20.8 Å². The van der Waals surface area contributed by atoms with Crippen molar-refractivity contribution < 1.29 is 14.8 Å². The van der Waals surface area contributed by atoms with Crippen molar-refractivity contribution in [3.8, 4) is 5.88 Å². The largest absolute Gasteiger partial charge is 0.495 e. The molecule has 1 heterocycles. The van der Waals surface area contributed by atoms with Crippen molar-refractivity contribution in [1.82, 2.24) is 9.97 Å². The number of halogens is 1. The van der Waals surface area contributed by atoms with Gasteiger partial charge in [0.05, 0.1) is 5.46 Å². The molecule has 0 aliphatic heterocycles. The zero-order chi connectivity index (χ0) is 11.6. The molecular weight excluding hydrogens is 218 g/mol. The minimum atomic E-state index is -1.68. The highest BCUT2D eigenvalue weighted by atomic mass is 35.5. The molecule has 0 aliphatic carbocycles. The molecule has 2 N–H and O–H groups in total. The molecule has 1 rings (SSSR count). The Labute approximate surface area is 93.2 Å². The Bertz CT molecular complexity index is 354. The van der Waals surface area contributed by atoms with Crippen LogP contribution in [0.2, 0.25) is 5.28 Å². The fraction of sp³-hybridized carbons (Fsp3) is 0.500. The summed E-state index contributed by atoms with van der Waals surface area (Å²) in [4.78, 5) is 7.44. The number of nitrogens with zero attached hydrogens (tertiary/aromatic N) is 2. The molecule has 82 valence electrons. The molecule has 1 aromatic rings. The van der Waals surface area contributed by atoms with Gasteiger partial charge >= 0.3 is 7.12 Å². The Morgan fingerprint density at radius 1 is 1.40 bits per heavy atom. The summed E-state index contributed by atoms with van der Waals surface area (Å²) in [6.07, 6.45) is 1.22. The smallest absolute Gasteiger partial charge is 0.472 e. The molecule has 0 aromatic carbocycles. The first kappa shape index (κ1) is 12.2. The zero-order valence-corrected chi connectivity index (χ0v) is 9.49. The Hall–Kier alpha value is -0.845. The van der Waals surface area contributed by atoms with E-state index in [2.05, 4.69) is 9.97 Å². The number of hydrogen-bond donors (Lipinski definition) is 2. The van der Waals surface area contributed by atoms with Crippen LogP contribution in [0.4, 0.5) is 0 Å². The Balaban J connectivity index is 3.08. The fourth-order valence-corrected chi connectivity index (χ4v) is 1.03. The first-order chi connectivity index (χ1) is 6.79. The lowest BCUT2D eigenvalue weighted by molar-refractivity contribution is 0.125. The maximum Gasteiger partial charge on any atom is 0.495 e. The molecule has 0 bridgehead atoms. The van der Waals surface area contributed by atoms with Crippen LogP contribution in [-0.4, -0.2) is 32.7 Å². The standard InChI is InChI=1S/C8H12BClN2O3/c1-8(2,3)15-6-5(9(13)14)4-11-7(10)12-6/h4,13-14H,1-3H3. The molecule has 0 atom stereocenters. The van der Waals surface area contributed by atoms with Gasteiger partial charge in [-0.15, -0.1) is 0 Å². The van der Waals surface area contributed by atoms with Crippen LogP contribution < -0.4 is 10.2 Å². The second kappa shape index (κ2) is 4.34. The second-order valence-corrected chi connectivity index (χ2v) is 4.33. The average Bonchev–Trinajstić information content (AvgIpc) is 1.99. The third-order valence-corrected chi connectivity index (χ3v) is 1.61. The van der Waals surface area contributed by atoms with Gasteiger partial charge in [-0.05, 0) is 32.4 Å². The van der Waals surface area contributed by atoms with E-state index in [1.807, 2.05) is 20.8 Å². The molecule has 1 aromatic heterocycles. The monoisotopic (exact) mass is 230 g/mol. The van der Waals surface area contributed by atoms with Crippen LogP contribution in [0.3, 0.4) is 0 Å². The highest BCUT2D eigenvalue weighted by Gasteiger charge is 2.23. The lowest BCUT2D eigenvalue weighted by Crippen LogP contribution is -2.36. The maximum absolute atomic E-state index is 9.04. The highest BCUT2D eigenvalue weighted by Crippen LogP contribution is 2.14. The van der Waals surface area contributed by atoms with Crippen LogP contribution in [0.5, 0.6) is 5.88 Å². The Morgan fingerprint density at radius 2 is 2.00 bits per heavy atom. The molecule has 0 fully saturated rings. The molecular formula is C8H12BClN2O3. The van der Waals surface area contributed by atoms with Gasteiger partial charge < -0.3 is 14.8 Å². The van der Waals surface area contributed by atoms with Crippen LogP contribution >= 0.6 is 11.6 Å². The predicted molar refractivity (Wildman–Crippen MR) is 57.2 cm³/mol. The van der Waals surface area contributed by atoms with E-state index in [-0.39, 0.29) is 16.6 Å². The van der Waals surface area contributed by atoms with E-state index in [4.69, 9.17) is 26.4 Å². The van der Waals surface area contributed by atoms with Crippen LogP contribution in [-0.2, 0) is 0 Å². The molecule has 0 saturated carbocycles. The predicted octanol–water partition coefficient (Wildman–Crippen LogP) is -0.0129. The average molecular weight is 230 g/mol. The highest BCUT2D eigenvalue weighted by molar-refractivity contribution is 6.59. The molecule has 0 radical (unpaired) electrons. The van der Waals surface area contributed by atoms with Crippen molar-refractivity contribution in [2.24, 2.45) is 0 Å². The van der Waals surface area contributed by atoms with Gasteiger partial charge in [0.15, 0.2) is 0 Å². The minimum absolute atomic E-state index is 0.00125. The van der Waals surface area contributed by atoms with Gasteiger partial charge in [-0.25, -0.2) is 4.98 Å². The van der Waals surface area contributed by atoms with E-state index in [0.717, 1.165) is 0 Å². The SMILES string of the molecule is CC(C)(C)Oc1nc(Cl)ncc1B(O)O. The van der Waals surface area contributed by atoms with E-state index in [0.29, 0.717) is 0 Å². The summed E-state index contributed by atoms with van der Waals surface area (Å²) >= 11 is 5.58. The third-order valence-electron chi connectivity index (χ3n) is 1.43. The second-order valence-electron chi connectivity index (χ2n) is 3.99. The molecule has 0 aliphatic rings. The zero-order valence-electron chi connectivity index (χ0n) is 8.73. The number of ether oxygens (including phenoxy) is 1. The summed E-state index contributed by atoms with van der Waals surface area (Å²) in [5.74, 6) is 0.0810. The van der Waals surface area contributed by atoms with E-state index < -0.39 is 12.7 Å². The maximum atomic E-state index is 9.04. The number of hydrogen-bond acceptors (Lipinski definition) is 5. The van der Waals surface area contributed by atoms with Crippen LogP contribution in [0, 0.1) is 0 Å². The summed E-state index contributed by atoms with van der Waals surface area (Å²) in [5, 5.41) is 18.1. The van der Waals surface area contributed by atoms with Crippen molar-refractivity contribution in [2.75, 3.05) is 0 Å². The van der Waals surface area contributed by atoms with Crippen molar-refractivity contribution in [2.45, 2.75) is 26.4 Å². The Morgan fingerprint density at radius 3 is 2.47 bits per heavy atom. The molecule has 0 spiro atoms. The summed E-state index contributed by atoms with van der Waals surface area (Å²) in [6.45, 7) is 5.45. The van der Waals surface area contributed by atoms with Gasteiger partial charge in [-0.2, -0.15) is 4.98 Å². The lowest BCUT2D eigenvalue weighted by Gasteiger charge is -2.21. The molecule has 0 amide bonds. The summed E-state index contributed by atoms with van der Waals surface area (Å²) in [6, 6.07) is 0. The van der Waals surface area contributed by atoms with Crippen molar-refractivity contribution >= 4 is 24.2 Å². The molecule has 15 heavy (non-hydrogen) atoms. The van der Waals surface area contributed by atoms with Crippen LogP contribution in [0.25, 0.3) is 0 Å². The fourth-order valence-electron chi connectivity index (χ4n) is 0.904. The topological polar surface area (TPSA) is 75.5 Å². The van der Waals surface area contributed by atoms with Gasteiger partial charge in [0.25, 0.3) is 0 Å². The van der Waals surface area contributed by atoms with Crippen molar-refractivity contribution in [3.05, 3.63) is 11.5 Å². The molecule has 5 nitrogen and oxygen atoms in total. The van der Waals surface area contributed by atoms with E-state index in [9.17, 15) is 0 Å². The first-order valence-electron chi connectivity index (χ1n) is 4.37. The van der Waals surface area contributed by atoms with Crippen LogP contribution in [0.15, 0.2) is 6.20 Å². The first-order valence-corrected chi connectivity index (χ1v) is 4.75. The normalized spacial score (nSPS) is 11.3. The quantitative estimate of drug-likeness (QED) is 0.552. The third kappa shape index (κ3) is 3.66. The van der Waals surface area contributed by atoms with Gasteiger partial charge in [-0.3, -0.25) is 0 Å². The lowest BCUT2D eigenvalue weighted by atomic mass is 9.82. The van der Waals surface area contributed by atoms with Gasteiger partial charge in [0, 0.05) is 6.20 Å². The van der Waals surface area contributed by atoms with Gasteiger partial charge in [0.1, 0.15) is 5.60 Å². The molecule has 0 unspecified atom stereocenters. The van der Waals surface area contributed by atoms with E-state index >= 15 is 0 Å². The summed E-state index contributed by atoms with van der Waals surface area (Å²) in [7, 11) is -1.68. The molecule has 0 saturated heterocycles. The van der Waals surface area contributed by atoms with Crippen molar-refractivity contribution in [1.29, 1.82) is 0 Å². The van der Waals surface area contributed by atoms with Crippen molar-refractivity contribution in [3.63, 3.8) is 0 Å². The van der Waals surface area contributed by atoms with Gasteiger partial charge in [0.2, 0.25) is 11.2 Å². The summed E-state index contributed by atoms with van der Waals surface area (Å²) < 4.78 is 5.42. The minimum Gasteiger partial charge on any atom is -0.472 e. The summed E-state index contributed by atoms with van der Waals surface area (Å²) in [5.41, 5.74) is -0.407.